The average Bonchev–Trinajstić information content (AvgIpc) is 2.59. The third kappa shape index (κ3) is 3.81. The first-order chi connectivity index (χ1) is 7.74. The average molecular weight is 381 g/mol. The summed E-state index contributed by atoms with van der Waals surface area (Å²) >= 11 is 15.9. The van der Waals surface area contributed by atoms with Gasteiger partial charge in [0.1, 0.15) is 4.21 Å². The monoisotopic (exact) mass is 379 g/mol. The standard InChI is InChI=1S/C9H12BrCl2NO2S2/c1-6-3-7(16-8(6)10)17(14,15)13-9(2,4-11)5-12/h3,13H,4-5H2,1-2H3. The summed E-state index contributed by atoms with van der Waals surface area (Å²) in [6, 6.07) is 1.61. The van der Waals surface area contributed by atoms with Gasteiger partial charge in [0.05, 0.1) is 9.33 Å². The van der Waals surface area contributed by atoms with Crippen molar-refractivity contribution >= 4 is 60.5 Å². The van der Waals surface area contributed by atoms with Crippen molar-refractivity contribution in [3.8, 4) is 0 Å². The number of rotatable bonds is 5. The molecule has 0 saturated heterocycles. The Balaban J connectivity index is 3.04. The number of hydrogen-bond donors (Lipinski definition) is 1. The number of sulfonamides is 1. The molecule has 0 bridgehead atoms. The van der Waals surface area contributed by atoms with Crippen LogP contribution in [0.1, 0.15) is 12.5 Å². The van der Waals surface area contributed by atoms with Gasteiger partial charge in [-0.3, -0.25) is 0 Å². The Kier molecular flexibility index (Phi) is 5.32. The third-order valence-corrected chi connectivity index (χ3v) is 7.50. The van der Waals surface area contributed by atoms with E-state index >= 15 is 0 Å². The van der Waals surface area contributed by atoms with Crippen molar-refractivity contribution in [3.05, 3.63) is 15.4 Å². The summed E-state index contributed by atoms with van der Waals surface area (Å²) in [6.45, 7) is 3.50. The van der Waals surface area contributed by atoms with Crippen molar-refractivity contribution in [2.24, 2.45) is 0 Å². The highest BCUT2D eigenvalue weighted by molar-refractivity contribution is 9.11. The molecule has 0 fully saturated rings. The van der Waals surface area contributed by atoms with E-state index in [9.17, 15) is 8.42 Å². The zero-order valence-corrected chi connectivity index (χ0v) is 14.0. The molecule has 1 N–H and O–H groups in total. The van der Waals surface area contributed by atoms with Crippen molar-refractivity contribution in [2.75, 3.05) is 11.8 Å². The molecule has 0 unspecified atom stereocenters. The van der Waals surface area contributed by atoms with Crippen LogP contribution in [0.3, 0.4) is 0 Å². The molecule has 3 nitrogen and oxygen atoms in total. The summed E-state index contributed by atoms with van der Waals surface area (Å²) in [5.74, 6) is 0.225. The van der Waals surface area contributed by atoms with Crippen LogP contribution >= 0.6 is 50.5 Å². The zero-order valence-electron chi connectivity index (χ0n) is 9.26. The van der Waals surface area contributed by atoms with Crippen molar-refractivity contribution in [3.63, 3.8) is 0 Å². The molecule has 1 rings (SSSR count). The van der Waals surface area contributed by atoms with Crippen molar-refractivity contribution in [2.45, 2.75) is 23.6 Å². The first kappa shape index (κ1) is 15.7. The van der Waals surface area contributed by atoms with Crippen molar-refractivity contribution < 1.29 is 8.42 Å². The molecular formula is C9H12BrCl2NO2S2. The van der Waals surface area contributed by atoms with E-state index in [1.165, 1.54) is 0 Å². The number of alkyl halides is 2. The second-order valence-corrected chi connectivity index (χ2v) is 8.77. The van der Waals surface area contributed by atoms with Gasteiger partial charge in [0.2, 0.25) is 0 Å². The predicted molar refractivity (Wildman–Crippen MR) is 76.9 cm³/mol. The van der Waals surface area contributed by atoms with Gasteiger partial charge in [0.15, 0.2) is 0 Å². The fraction of sp³-hybridized carbons (Fsp3) is 0.556. The molecule has 1 aromatic heterocycles. The molecule has 0 aliphatic heterocycles. The molecule has 0 saturated carbocycles. The van der Waals surface area contributed by atoms with Crippen LogP contribution in [-0.4, -0.2) is 25.7 Å². The highest BCUT2D eigenvalue weighted by Crippen LogP contribution is 2.31. The van der Waals surface area contributed by atoms with Crippen molar-refractivity contribution in [1.82, 2.24) is 4.72 Å². The number of nitrogens with one attached hydrogen (secondary N) is 1. The lowest BCUT2D eigenvalue weighted by atomic mass is 10.1. The largest absolute Gasteiger partial charge is 0.250 e. The molecule has 0 aliphatic carbocycles. The number of thiophene rings is 1. The second kappa shape index (κ2) is 5.75. The fourth-order valence-corrected chi connectivity index (χ4v) is 5.24. The van der Waals surface area contributed by atoms with E-state index in [1.54, 1.807) is 13.0 Å². The quantitative estimate of drug-likeness (QED) is 0.796. The molecule has 0 aliphatic rings. The first-order valence-corrected chi connectivity index (χ1v) is 8.82. The highest BCUT2D eigenvalue weighted by atomic mass is 79.9. The van der Waals surface area contributed by atoms with Crippen LogP contribution in [0.4, 0.5) is 0 Å². The highest BCUT2D eigenvalue weighted by Gasteiger charge is 2.30. The van der Waals surface area contributed by atoms with Gasteiger partial charge < -0.3 is 0 Å². The van der Waals surface area contributed by atoms with E-state index in [4.69, 9.17) is 23.2 Å². The van der Waals surface area contributed by atoms with E-state index in [1.807, 2.05) is 6.92 Å². The minimum absolute atomic E-state index is 0.112. The Morgan fingerprint density at radius 3 is 2.35 bits per heavy atom. The van der Waals surface area contributed by atoms with E-state index < -0.39 is 15.6 Å². The van der Waals surface area contributed by atoms with Crippen LogP contribution in [0.15, 0.2) is 14.1 Å². The van der Waals surface area contributed by atoms with E-state index in [0.717, 1.165) is 20.7 Å². The molecule has 0 spiro atoms. The molecule has 0 amide bonds. The second-order valence-electron chi connectivity index (χ2n) is 3.96. The van der Waals surface area contributed by atoms with Crippen LogP contribution in [0.5, 0.6) is 0 Å². The molecule has 98 valence electrons. The lowest BCUT2D eigenvalue weighted by molar-refractivity contribution is 0.501. The maximum Gasteiger partial charge on any atom is 0.250 e. The summed E-state index contributed by atoms with van der Waals surface area (Å²) in [5, 5.41) is 0. The van der Waals surface area contributed by atoms with Gasteiger partial charge in [0, 0.05) is 11.8 Å². The van der Waals surface area contributed by atoms with E-state index in [2.05, 4.69) is 20.7 Å². The normalized spacial score (nSPS) is 13.0. The Labute approximate surface area is 124 Å². The summed E-state index contributed by atoms with van der Waals surface area (Å²) < 4.78 is 27.8. The van der Waals surface area contributed by atoms with Gasteiger partial charge in [-0.2, -0.15) is 0 Å². The molecule has 0 aromatic carbocycles. The lowest BCUT2D eigenvalue weighted by Gasteiger charge is -2.24. The molecule has 8 heteroatoms. The summed E-state index contributed by atoms with van der Waals surface area (Å²) in [7, 11) is -3.57. The molecule has 17 heavy (non-hydrogen) atoms. The van der Waals surface area contributed by atoms with Crippen LogP contribution < -0.4 is 4.72 Å². The van der Waals surface area contributed by atoms with Gasteiger partial charge in [-0.1, -0.05) is 0 Å². The molecule has 1 aromatic rings. The zero-order chi connectivity index (χ0) is 13.3. The van der Waals surface area contributed by atoms with Gasteiger partial charge in [-0.15, -0.1) is 34.5 Å². The molecular weight excluding hydrogens is 369 g/mol. The molecule has 0 radical (unpaired) electrons. The number of hydrogen-bond acceptors (Lipinski definition) is 3. The smallest absolute Gasteiger partial charge is 0.206 e. The Morgan fingerprint density at radius 1 is 1.47 bits per heavy atom. The van der Waals surface area contributed by atoms with E-state index in [0.29, 0.717) is 0 Å². The minimum Gasteiger partial charge on any atom is -0.206 e. The number of halogens is 3. The molecule has 1 heterocycles. The van der Waals surface area contributed by atoms with Gasteiger partial charge >= 0.3 is 0 Å². The number of aryl methyl sites for hydroxylation is 1. The van der Waals surface area contributed by atoms with Crippen LogP contribution in [0, 0.1) is 6.92 Å². The summed E-state index contributed by atoms with van der Waals surface area (Å²) in [4.78, 5) is 0. The van der Waals surface area contributed by atoms with Gasteiger partial charge in [-0.05, 0) is 41.4 Å². The topological polar surface area (TPSA) is 46.2 Å². The van der Waals surface area contributed by atoms with Gasteiger partial charge in [-0.25, -0.2) is 13.1 Å². The molecule has 0 atom stereocenters. The predicted octanol–water partition coefficient (Wildman–Crippen LogP) is 3.33. The maximum atomic E-state index is 12.1. The SMILES string of the molecule is Cc1cc(S(=O)(=O)NC(C)(CCl)CCl)sc1Br. The fourth-order valence-electron chi connectivity index (χ4n) is 1.03. The van der Waals surface area contributed by atoms with Crippen molar-refractivity contribution in [1.29, 1.82) is 0 Å². The summed E-state index contributed by atoms with van der Waals surface area (Å²) in [5.41, 5.74) is 0.0422. The first-order valence-electron chi connectivity index (χ1n) is 4.66. The van der Waals surface area contributed by atoms with Gasteiger partial charge in [0.25, 0.3) is 10.0 Å². The Hall–Kier alpha value is 0.670. The Morgan fingerprint density at radius 2 is 2.00 bits per heavy atom. The lowest BCUT2D eigenvalue weighted by Crippen LogP contribution is -2.48. The summed E-state index contributed by atoms with van der Waals surface area (Å²) in [6.07, 6.45) is 0. The van der Waals surface area contributed by atoms with Crippen LogP contribution in [-0.2, 0) is 10.0 Å². The Bertz CT molecular complexity index is 478. The van der Waals surface area contributed by atoms with Crippen LogP contribution in [0.2, 0.25) is 0 Å². The van der Waals surface area contributed by atoms with Crippen LogP contribution in [0.25, 0.3) is 0 Å². The third-order valence-electron chi connectivity index (χ3n) is 2.07. The minimum atomic E-state index is -3.57. The maximum absolute atomic E-state index is 12.1. The van der Waals surface area contributed by atoms with E-state index in [-0.39, 0.29) is 16.0 Å².